The second-order valence-corrected chi connectivity index (χ2v) is 7.01. The minimum absolute atomic E-state index is 0.677. The molecule has 1 aromatic heterocycles. The molecule has 1 N–H and O–H groups in total. The van der Waals surface area contributed by atoms with E-state index in [2.05, 4.69) is 17.1 Å². The molecule has 4 heteroatoms. The van der Waals surface area contributed by atoms with Crippen molar-refractivity contribution in [2.45, 2.75) is 6.92 Å². The highest BCUT2D eigenvalue weighted by atomic mass is 35.5. The van der Waals surface area contributed by atoms with E-state index in [0.29, 0.717) is 10.0 Å². The Morgan fingerprint density at radius 2 is 1.58 bits per heavy atom. The molecule has 4 aromatic rings. The molecule has 0 unspecified atom stereocenters. The number of rotatable bonds is 3. The molecule has 0 radical (unpaired) electrons. The van der Waals surface area contributed by atoms with Crippen LogP contribution in [0.15, 0.2) is 72.8 Å². The van der Waals surface area contributed by atoms with Gasteiger partial charge in [0.2, 0.25) is 0 Å². The van der Waals surface area contributed by atoms with Crippen molar-refractivity contribution >= 4 is 23.2 Å². The highest BCUT2D eigenvalue weighted by molar-refractivity contribution is 6.33. The largest absolute Gasteiger partial charge is 0.337 e. The Kier molecular flexibility index (Phi) is 4.54. The molecule has 0 atom stereocenters. The predicted molar refractivity (Wildman–Crippen MR) is 110 cm³/mol. The average molecular weight is 379 g/mol. The van der Waals surface area contributed by atoms with Crippen LogP contribution in [0.25, 0.3) is 33.9 Å². The van der Waals surface area contributed by atoms with Gasteiger partial charge in [0.15, 0.2) is 0 Å². The fourth-order valence-electron chi connectivity index (χ4n) is 2.97. The van der Waals surface area contributed by atoms with Gasteiger partial charge in [-0.15, -0.1) is 0 Å². The van der Waals surface area contributed by atoms with Crippen LogP contribution >= 0.6 is 23.2 Å². The van der Waals surface area contributed by atoms with Gasteiger partial charge in [0.1, 0.15) is 5.82 Å². The highest BCUT2D eigenvalue weighted by Gasteiger charge is 2.17. The number of aromatic amines is 1. The summed E-state index contributed by atoms with van der Waals surface area (Å²) in [5, 5.41) is 1.36. The van der Waals surface area contributed by atoms with Gasteiger partial charge in [-0.25, -0.2) is 4.98 Å². The molecule has 128 valence electrons. The first-order valence-electron chi connectivity index (χ1n) is 8.30. The normalized spacial score (nSPS) is 10.9. The lowest BCUT2D eigenvalue weighted by molar-refractivity contribution is 1.30. The molecule has 0 spiro atoms. The van der Waals surface area contributed by atoms with Crippen LogP contribution in [0.3, 0.4) is 0 Å². The molecule has 4 rings (SSSR count). The summed E-state index contributed by atoms with van der Waals surface area (Å²) in [6.45, 7) is 2.02. The quantitative estimate of drug-likeness (QED) is 0.407. The van der Waals surface area contributed by atoms with Crippen molar-refractivity contribution in [2.24, 2.45) is 0 Å². The zero-order valence-electron chi connectivity index (χ0n) is 14.1. The summed E-state index contributed by atoms with van der Waals surface area (Å²) in [6.07, 6.45) is 0. The Labute approximate surface area is 162 Å². The van der Waals surface area contributed by atoms with Gasteiger partial charge in [0.05, 0.1) is 16.4 Å². The lowest BCUT2D eigenvalue weighted by Crippen LogP contribution is -1.84. The zero-order chi connectivity index (χ0) is 18.1. The van der Waals surface area contributed by atoms with E-state index in [1.54, 1.807) is 0 Å². The van der Waals surface area contributed by atoms with E-state index in [1.165, 1.54) is 0 Å². The van der Waals surface area contributed by atoms with Crippen LogP contribution in [-0.4, -0.2) is 9.97 Å². The number of aryl methyl sites for hydroxylation is 1. The third kappa shape index (κ3) is 3.26. The molecular formula is C22H16Cl2N2. The number of aromatic nitrogens is 2. The molecule has 3 aromatic carbocycles. The molecule has 0 aliphatic heterocycles. The summed E-state index contributed by atoms with van der Waals surface area (Å²) < 4.78 is 0. The van der Waals surface area contributed by atoms with E-state index < -0.39 is 0 Å². The molecule has 0 aliphatic carbocycles. The number of hydrogen-bond acceptors (Lipinski definition) is 1. The van der Waals surface area contributed by atoms with Crippen LogP contribution < -0.4 is 0 Å². The van der Waals surface area contributed by atoms with Crippen molar-refractivity contribution in [3.05, 3.63) is 88.4 Å². The van der Waals surface area contributed by atoms with Gasteiger partial charge in [-0.3, -0.25) is 0 Å². The second-order valence-electron chi connectivity index (χ2n) is 6.17. The van der Waals surface area contributed by atoms with E-state index in [9.17, 15) is 0 Å². The van der Waals surface area contributed by atoms with Crippen LogP contribution in [0.4, 0.5) is 0 Å². The maximum absolute atomic E-state index is 6.46. The molecule has 0 saturated carbocycles. The fourth-order valence-corrected chi connectivity index (χ4v) is 3.49. The van der Waals surface area contributed by atoms with Crippen LogP contribution in [0, 0.1) is 6.92 Å². The van der Waals surface area contributed by atoms with E-state index in [1.807, 2.05) is 67.6 Å². The predicted octanol–water partition coefficient (Wildman–Crippen LogP) is 7.03. The summed E-state index contributed by atoms with van der Waals surface area (Å²) in [5.74, 6) is 0.740. The number of H-pyrrole nitrogens is 1. The standard InChI is InChI=1S/C22H16Cl2N2/c1-14-10-11-18(19(24)12-14)22-25-20(15-6-3-2-4-7-15)21(26-22)16-8-5-9-17(23)13-16/h2-13H,1H3,(H,25,26). The fraction of sp³-hybridized carbons (Fsp3) is 0.0455. The molecule has 0 saturated heterocycles. The second kappa shape index (κ2) is 6.99. The number of benzene rings is 3. The van der Waals surface area contributed by atoms with Crippen LogP contribution in [0.1, 0.15) is 5.56 Å². The smallest absolute Gasteiger partial charge is 0.140 e. The van der Waals surface area contributed by atoms with Gasteiger partial charge < -0.3 is 4.98 Å². The first-order valence-corrected chi connectivity index (χ1v) is 9.05. The number of halogens is 2. The van der Waals surface area contributed by atoms with Crippen molar-refractivity contribution in [3.63, 3.8) is 0 Å². The maximum atomic E-state index is 6.46. The molecule has 2 nitrogen and oxygen atoms in total. The van der Waals surface area contributed by atoms with Gasteiger partial charge in [-0.1, -0.05) is 71.7 Å². The summed E-state index contributed by atoms with van der Waals surface area (Å²) in [6, 6.07) is 23.8. The van der Waals surface area contributed by atoms with Gasteiger partial charge in [0.25, 0.3) is 0 Å². The average Bonchev–Trinajstić information content (AvgIpc) is 3.07. The molecular weight excluding hydrogens is 363 g/mol. The minimum Gasteiger partial charge on any atom is -0.337 e. The van der Waals surface area contributed by atoms with Crippen LogP contribution in [-0.2, 0) is 0 Å². The Morgan fingerprint density at radius 1 is 0.808 bits per heavy atom. The molecule has 0 amide bonds. The van der Waals surface area contributed by atoms with Crippen molar-refractivity contribution in [1.29, 1.82) is 0 Å². The van der Waals surface area contributed by atoms with E-state index in [-0.39, 0.29) is 0 Å². The van der Waals surface area contributed by atoms with Gasteiger partial charge in [0, 0.05) is 21.7 Å². The Balaban J connectivity index is 1.93. The van der Waals surface area contributed by atoms with E-state index in [0.717, 1.165) is 39.5 Å². The summed E-state index contributed by atoms with van der Waals surface area (Å²) >= 11 is 12.7. The lowest BCUT2D eigenvalue weighted by atomic mass is 10.1. The van der Waals surface area contributed by atoms with E-state index in [4.69, 9.17) is 28.2 Å². The third-order valence-corrected chi connectivity index (χ3v) is 4.79. The van der Waals surface area contributed by atoms with Crippen LogP contribution in [0.2, 0.25) is 10.0 Å². The number of nitrogens with one attached hydrogen (secondary N) is 1. The molecule has 0 aliphatic rings. The molecule has 0 fully saturated rings. The zero-order valence-corrected chi connectivity index (χ0v) is 15.6. The molecule has 0 bridgehead atoms. The number of hydrogen-bond donors (Lipinski definition) is 1. The Hall–Kier alpha value is -2.55. The molecule has 1 heterocycles. The van der Waals surface area contributed by atoms with Crippen molar-refractivity contribution < 1.29 is 0 Å². The topological polar surface area (TPSA) is 28.7 Å². The van der Waals surface area contributed by atoms with Gasteiger partial charge in [-0.2, -0.15) is 0 Å². The molecule has 26 heavy (non-hydrogen) atoms. The monoisotopic (exact) mass is 378 g/mol. The first kappa shape index (κ1) is 16.9. The number of imidazole rings is 1. The minimum atomic E-state index is 0.677. The van der Waals surface area contributed by atoms with Gasteiger partial charge >= 0.3 is 0 Å². The lowest BCUT2D eigenvalue weighted by Gasteiger charge is -2.03. The Morgan fingerprint density at radius 3 is 2.31 bits per heavy atom. The van der Waals surface area contributed by atoms with Crippen molar-refractivity contribution in [3.8, 4) is 33.9 Å². The summed E-state index contributed by atoms with van der Waals surface area (Å²) in [7, 11) is 0. The van der Waals surface area contributed by atoms with Crippen molar-refractivity contribution in [1.82, 2.24) is 9.97 Å². The van der Waals surface area contributed by atoms with Crippen molar-refractivity contribution in [2.75, 3.05) is 0 Å². The number of nitrogens with zero attached hydrogens (tertiary/aromatic N) is 1. The van der Waals surface area contributed by atoms with E-state index >= 15 is 0 Å². The maximum Gasteiger partial charge on any atom is 0.140 e. The van der Waals surface area contributed by atoms with Gasteiger partial charge in [-0.05, 0) is 36.8 Å². The summed E-state index contributed by atoms with van der Waals surface area (Å²) in [4.78, 5) is 8.31. The van der Waals surface area contributed by atoms with Crippen LogP contribution in [0.5, 0.6) is 0 Å². The highest BCUT2D eigenvalue weighted by Crippen LogP contribution is 2.35. The SMILES string of the molecule is Cc1ccc(-c2nc(-c3cccc(Cl)c3)c(-c3ccccc3)[nH]2)c(Cl)c1. The Bertz CT molecular complexity index is 1070. The first-order chi connectivity index (χ1) is 12.6. The summed E-state index contributed by atoms with van der Waals surface area (Å²) in [5.41, 5.74) is 5.81. The third-order valence-electron chi connectivity index (χ3n) is 4.24.